The number of aliphatic carboxylic acids is 1. The molecule has 1 aromatic heterocycles. The van der Waals surface area contributed by atoms with Crippen LogP contribution in [0, 0.1) is 12.8 Å². The first-order valence-corrected chi connectivity index (χ1v) is 21.4. The van der Waals surface area contributed by atoms with Gasteiger partial charge < -0.3 is 40.4 Å². The zero-order valence-corrected chi connectivity index (χ0v) is 35.7. The van der Waals surface area contributed by atoms with Crippen molar-refractivity contribution in [1.29, 1.82) is 0 Å². The number of hydrogen-bond acceptors (Lipinski definition) is 18. The van der Waals surface area contributed by atoms with E-state index in [9.17, 15) is 43.5 Å². The molecule has 2 unspecified atom stereocenters. The van der Waals surface area contributed by atoms with Crippen LogP contribution < -0.4 is 16.4 Å². The Hall–Kier alpha value is -5.13. The van der Waals surface area contributed by atoms with Gasteiger partial charge in [-0.15, -0.1) is 32.2 Å². The minimum Gasteiger partial charge on any atom is -0.481 e. The van der Waals surface area contributed by atoms with Gasteiger partial charge in [-0.1, -0.05) is 30.7 Å². The summed E-state index contributed by atoms with van der Waals surface area (Å²) in [5.41, 5.74) is 6.97. The minimum atomic E-state index is -1.29. The summed E-state index contributed by atoms with van der Waals surface area (Å²) in [5.74, 6) is -5.37. The third-order valence-corrected chi connectivity index (χ3v) is 10.5. The average Bonchev–Trinajstić information content (AvgIpc) is 3.55. The van der Waals surface area contributed by atoms with E-state index in [0.717, 1.165) is 22.9 Å². The lowest BCUT2D eigenvalue weighted by atomic mass is 10.0. The van der Waals surface area contributed by atoms with Crippen molar-refractivity contribution in [1.82, 2.24) is 35.9 Å². The molecular formula is C40H56N8O13S. The number of Topliss-reactive ketones (excluding diaryl/α,β-unsaturated/α-hetero) is 2. The van der Waals surface area contributed by atoms with Gasteiger partial charge in [0.05, 0.1) is 77.1 Å². The summed E-state index contributed by atoms with van der Waals surface area (Å²) in [6, 6.07) is 7.65. The number of carbonyl (C=O) groups excluding carboxylic acids is 7. The maximum Gasteiger partial charge on any atom is 0.307 e. The van der Waals surface area contributed by atoms with E-state index in [2.05, 4.69) is 31.0 Å². The van der Waals surface area contributed by atoms with Crippen LogP contribution in [0.15, 0.2) is 24.3 Å². The molecule has 0 aliphatic carbocycles. The first-order chi connectivity index (χ1) is 29.9. The first kappa shape index (κ1) is 51.2. The SMILES string of the molecule is Cc1nnc(-c2ccc(CCC(=O)CCOCCOCCOCCOCCCCCC(=O)N3C(=O)CC(SCC(CC(=O)CNC(=O)CNC(=O)CN)C(=O)O)C3=O)cc2)nn1. The molecule has 1 saturated heterocycles. The lowest BCUT2D eigenvalue weighted by molar-refractivity contribution is -0.149. The monoisotopic (exact) mass is 888 g/mol. The molecule has 0 saturated carbocycles. The topological polar surface area (TPSA) is 299 Å². The number of imide groups is 3. The molecule has 62 heavy (non-hydrogen) atoms. The summed E-state index contributed by atoms with van der Waals surface area (Å²) in [4.78, 5) is 97.8. The summed E-state index contributed by atoms with van der Waals surface area (Å²) in [6.45, 7) is 3.58. The highest BCUT2D eigenvalue weighted by Crippen LogP contribution is 2.28. The molecule has 2 aromatic rings. The predicted octanol–water partition coefficient (Wildman–Crippen LogP) is -0.000980. The van der Waals surface area contributed by atoms with E-state index in [1.807, 2.05) is 24.3 Å². The van der Waals surface area contributed by atoms with E-state index < -0.39 is 72.0 Å². The fraction of sp³-hybridized carbons (Fsp3) is 0.600. The number of nitrogens with one attached hydrogen (secondary N) is 2. The molecule has 21 nitrogen and oxygen atoms in total. The number of ketones is 2. The number of benzene rings is 1. The molecule has 5 N–H and O–H groups in total. The zero-order chi connectivity index (χ0) is 45.1. The second-order valence-electron chi connectivity index (χ2n) is 14.0. The van der Waals surface area contributed by atoms with Crippen molar-refractivity contribution in [3.05, 3.63) is 35.7 Å². The number of likely N-dealkylation sites (tertiary alicyclic amines) is 1. The molecule has 1 fully saturated rings. The third kappa shape index (κ3) is 20.2. The standard InChI is InChI=1S/C40H56N8O13S/c1-27-44-46-38(47-45-27)29-9-6-28(7-10-29)8-11-31(49)12-14-59-16-18-61-20-19-60-17-15-58-13-4-2-3-5-36(53)48-37(54)22-33(39(48)55)62-26-30(40(56)57)21-32(50)24-42-35(52)25-43-34(51)23-41/h6-7,9-10,30,33H,2-5,8,11-26,41H2,1H3,(H,42,52)(H,43,51)(H,56,57). The molecule has 0 spiro atoms. The molecule has 1 aromatic carbocycles. The van der Waals surface area contributed by atoms with Crippen molar-refractivity contribution in [2.24, 2.45) is 11.7 Å². The minimum absolute atomic E-state index is 0.0192. The van der Waals surface area contributed by atoms with Gasteiger partial charge in [-0.2, -0.15) is 0 Å². The number of thioether (sulfide) groups is 1. The predicted molar refractivity (Wildman–Crippen MR) is 221 cm³/mol. The highest BCUT2D eigenvalue weighted by Gasteiger charge is 2.42. The smallest absolute Gasteiger partial charge is 0.307 e. The van der Waals surface area contributed by atoms with Crippen LogP contribution in [0.2, 0.25) is 0 Å². The maximum absolute atomic E-state index is 12.9. The highest BCUT2D eigenvalue weighted by molar-refractivity contribution is 8.00. The summed E-state index contributed by atoms with van der Waals surface area (Å²) in [6.07, 6.45) is 2.38. The average molecular weight is 889 g/mol. The number of aromatic nitrogens is 4. The first-order valence-electron chi connectivity index (χ1n) is 20.3. The number of carboxylic acids is 1. The number of nitrogens with zero attached hydrogens (tertiary/aromatic N) is 5. The molecule has 2 heterocycles. The van der Waals surface area contributed by atoms with Gasteiger partial charge >= 0.3 is 5.97 Å². The van der Waals surface area contributed by atoms with Crippen molar-refractivity contribution in [2.75, 3.05) is 78.2 Å². The van der Waals surface area contributed by atoms with Crippen LogP contribution in [0.3, 0.4) is 0 Å². The zero-order valence-electron chi connectivity index (χ0n) is 34.9. The number of rotatable bonds is 33. The van der Waals surface area contributed by atoms with Crippen molar-refractivity contribution >= 4 is 58.8 Å². The Morgan fingerprint density at radius 1 is 0.774 bits per heavy atom. The van der Waals surface area contributed by atoms with Gasteiger partial charge in [0.15, 0.2) is 11.6 Å². The summed E-state index contributed by atoms with van der Waals surface area (Å²) in [5, 5.41) is 29.0. The Labute approximate surface area is 363 Å². The molecule has 0 radical (unpaired) electrons. The number of unbranched alkanes of at least 4 members (excludes halogenated alkanes) is 2. The Bertz CT molecular complexity index is 1790. The maximum atomic E-state index is 12.9. The van der Waals surface area contributed by atoms with Crippen LogP contribution in [0.1, 0.15) is 62.8 Å². The van der Waals surface area contributed by atoms with Gasteiger partial charge in [0.1, 0.15) is 5.78 Å². The van der Waals surface area contributed by atoms with Crippen molar-refractivity contribution in [2.45, 2.75) is 70.0 Å². The quantitative estimate of drug-likeness (QED) is 0.0542. The van der Waals surface area contributed by atoms with Crippen LogP contribution in [0.25, 0.3) is 11.4 Å². The number of nitrogens with two attached hydrogens (primary N) is 1. The number of aryl methyl sites for hydroxylation is 2. The van der Waals surface area contributed by atoms with Crippen molar-refractivity contribution in [3.63, 3.8) is 0 Å². The van der Waals surface area contributed by atoms with Crippen LogP contribution >= 0.6 is 11.8 Å². The van der Waals surface area contributed by atoms with Gasteiger partial charge in [-0.05, 0) is 31.7 Å². The Kier molecular flexibility index (Phi) is 24.1. The summed E-state index contributed by atoms with van der Waals surface area (Å²) in [7, 11) is 0. The van der Waals surface area contributed by atoms with Gasteiger partial charge in [0, 0.05) is 50.0 Å². The number of amides is 5. The largest absolute Gasteiger partial charge is 0.481 e. The molecule has 0 bridgehead atoms. The van der Waals surface area contributed by atoms with E-state index in [4.69, 9.17) is 24.7 Å². The van der Waals surface area contributed by atoms with Crippen LogP contribution in [0.4, 0.5) is 0 Å². The lowest BCUT2D eigenvalue weighted by Crippen LogP contribution is -2.41. The van der Waals surface area contributed by atoms with Gasteiger partial charge in [0.25, 0.3) is 0 Å². The summed E-state index contributed by atoms with van der Waals surface area (Å²) < 4.78 is 22.0. The van der Waals surface area contributed by atoms with E-state index in [1.165, 1.54) is 0 Å². The number of carbonyl (C=O) groups is 8. The molecular weight excluding hydrogens is 833 g/mol. The Morgan fingerprint density at radius 3 is 2.02 bits per heavy atom. The van der Waals surface area contributed by atoms with Crippen LogP contribution in [0.5, 0.6) is 0 Å². The fourth-order valence-electron chi connectivity index (χ4n) is 5.64. The van der Waals surface area contributed by atoms with Gasteiger partial charge in [-0.3, -0.25) is 38.4 Å². The van der Waals surface area contributed by atoms with E-state index in [0.29, 0.717) is 108 Å². The normalized spacial score (nSPS) is 14.2. The van der Waals surface area contributed by atoms with Gasteiger partial charge in [0.2, 0.25) is 35.4 Å². The number of carboxylic acid groups (broad SMARTS) is 1. The van der Waals surface area contributed by atoms with Crippen molar-refractivity contribution in [3.8, 4) is 11.4 Å². The molecule has 2 atom stereocenters. The second-order valence-corrected chi connectivity index (χ2v) is 15.3. The van der Waals surface area contributed by atoms with Gasteiger partial charge in [-0.25, -0.2) is 4.90 Å². The van der Waals surface area contributed by atoms with E-state index in [-0.39, 0.29) is 30.9 Å². The van der Waals surface area contributed by atoms with E-state index in [1.54, 1.807) is 6.92 Å². The molecule has 22 heteroatoms. The summed E-state index contributed by atoms with van der Waals surface area (Å²) >= 11 is 0.889. The highest BCUT2D eigenvalue weighted by atomic mass is 32.2. The molecule has 3 rings (SSSR count). The molecule has 340 valence electrons. The van der Waals surface area contributed by atoms with Crippen LogP contribution in [-0.2, 0) is 63.7 Å². The fourth-order valence-corrected chi connectivity index (χ4v) is 6.88. The van der Waals surface area contributed by atoms with E-state index >= 15 is 0 Å². The third-order valence-electron chi connectivity index (χ3n) is 9.09. The molecule has 1 aliphatic rings. The lowest BCUT2D eigenvalue weighted by Gasteiger charge is -2.15. The molecule has 5 amide bonds. The van der Waals surface area contributed by atoms with Crippen LogP contribution in [-0.4, -0.2) is 161 Å². The van der Waals surface area contributed by atoms with Crippen molar-refractivity contribution < 1.29 is 62.4 Å². The molecule has 1 aliphatic heterocycles. The Morgan fingerprint density at radius 2 is 1.39 bits per heavy atom. The number of hydrogen-bond donors (Lipinski definition) is 4. The number of ether oxygens (including phenoxy) is 4. The Balaban J connectivity index is 1.12. The second kappa shape index (κ2) is 29.2.